The lowest BCUT2D eigenvalue weighted by molar-refractivity contribution is -0.161. The lowest BCUT2D eigenvalue weighted by Crippen LogP contribution is -2.30. The highest BCUT2D eigenvalue weighted by Gasteiger charge is 2.30. The number of unbranched alkanes of at least 4 members (excludes halogenated alkanes) is 37. The second-order valence-electron chi connectivity index (χ2n) is 33.1. The molecule has 5 unspecified atom stereocenters. The fourth-order valence-corrected chi connectivity index (χ4v) is 15.1. The summed E-state index contributed by atoms with van der Waals surface area (Å²) in [5.41, 5.74) is 0. The van der Waals surface area contributed by atoms with Crippen molar-refractivity contribution in [3.63, 3.8) is 0 Å². The first-order chi connectivity index (χ1) is 62.2. The average Bonchev–Trinajstić information content (AvgIpc) is 0.899. The highest BCUT2D eigenvalue weighted by molar-refractivity contribution is 7.47. The van der Waals surface area contributed by atoms with Gasteiger partial charge < -0.3 is 34.2 Å². The van der Waals surface area contributed by atoms with E-state index in [1.165, 1.54) is 173 Å². The molecule has 0 saturated heterocycles. The normalized spacial score (nSPS) is 14.5. The molecule has 0 amide bonds. The third-order valence-corrected chi connectivity index (χ3v) is 22.9. The number of hydrogen-bond acceptors (Lipinski definition) is 14. The Kier molecular flexibility index (Phi) is 94.6. The van der Waals surface area contributed by atoms with Gasteiger partial charge in [0.2, 0.25) is 0 Å². The predicted octanol–water partition coefficient (Wildman–Crippen LogP) is 31.9. The van der Waals surface area contributed by atoms with Gasteiger partial charge in [-0.05, 0) is 167 Å². The van der Waals surface area contributed by atoms with E-state index in [1.54, 1.807) is 0 Å². The van der Waals surface area contributed by atoms with E-state index in [9.17, 15) is 43.5 Å². The number of carbonyl (C=O) groups excluding carboxylic acids is 3. The third kappa shape index (κ3) is 101. The Labute approximate surface area is 775 Å². The summed E-state index contributed by atoms with van der Waals surface area (Å²) in [6.45, 7) is 2.36. The topological polar surface area (TPSA) is 231 Å². The van der Waals surface area contributed by atoms with Crippen molar-refractivity contribution in [2.75, 3.05) is 39.6 Å². The Hall–Kier alpha value is -5.87. The van der Waals surface area contributed by atoms with Crippen LogP contribution in [0.2, 0.25) is 0 Å². The smallest absolute Gasteiger partial charge is 0.463 e. The van der Waals surface area contributed by atoms with E-state index in [0.29, 0.717) is 19.3 Å². The number of aliphatic hydroxyl groups is 2. The van der Waals surface area contributed by atoms with Gasteiger partial charge in [0, 0.05) is 19.3 Å². The molecular formula is C109H182O16P2. The van der Waals surface area contributed by atoms with Crippen molar-refractivity contribution in [1.82, 2.24) is 0 Å². The molecule has 0 radical (unpaired) electrons. The van der Waals surface area contributed by atoms with Crippen LogP contribution in [0.25, 0.3) is 0 Å². The van der Waals surface area contributed by atoms with E-state index in [0.717, 1.165) is 173 Å². The van der Waals surface area contributed by atoms with Crippen molar-refractivity contribution in [1.29, 1.82) is 0 Å². The second-order valence-corrected chi connectivity index (χ2v) is 36.0. The van der Waals surface area contributed by atoms with Crippen LogP contribution in [0.4, 0.5) is 0 Å². The predicted molar refractivity (Wildman–Crippen MR) is 537 cm³/mol. The van der Waals surface area contributed by atoms with Crippen LogP contribution in [-0.4, -0.2) is 95.9 Å². The number of rotatable bonds is 94. The zero-order valence-electron chi connectivity index (χ0n) is 80.1. The van der Waals surface area contributed by atoms with Gasteiger partial charge in [-0.2, -0.15) is 0 Å². The molecule has 0 aromatic carbocycles. The first-order valence-electron chi connectivity index (χ1n) is 50.4. The maximum atomic E-state index is 13.1. The first kappa shape index (κ1) is 121. The minimum atomic E-state index is -4.96. The molecular weight excluding hydrogens is 1630 g/mol. The SMILES string of the molecule is CC/C=C\C/C=C\C/C=C\C/C=C\C/C=C\C/C=C\CCCCCCCCCCCCCCCCCCC(=O)OCC(O)COP(=O)(O)OCC(O)COP(=O)(O)OCC(COC(=O)CCCCCCCCCCCCCCCCCCC/C=C\C/C=C\C/C=C\C/C=C\C/C=C\CC)OC(=O)CCCCCC/C=C\C/C=C\C/C=C\C/C=C\C/C=C\C/C=C\CC. The van der Waals surface area contributed by atoms with Gasteiger partial charge in [0.15, 0.2) is 6.10 Å². The molecule has 724 valence electrons. The zero-order valence-corrected chi connectivity index (χ0v) is 81.9. The number of phosphoric ester groups is 2. The summed E-state index contributed by atoms with van der Waals surface area (Å²) in [7, 11) is -9.83. The van der Waals surface area contributed by atoms with Crippen LogP contribution in [0.3, 0.4) is 0 Å². The van der Waals surface area contributed by atoms with Gasteiger partial charge in [-0.3, -0.25) is 32.5 Å². The molecule has 5 atom stereocenters. The molecule has 0 aliphatic carbocycles. The molecule has 0 heterocycles. The lowest BCUT2D eigenvalue weighted by Gasteiger charge is -2.21. The van der Waals surface area contributed by atoms with E-state index < -0.39 is 91.5 Å². The van der Waals surface area contributed by atoms with Crippen molar-refractivity contribution in [2.24, 2.45) is 0 Å². The lowest BCUT2D eigenvalue weighted by atomic mass is 10.0. The summed E-state index contributed by atoms with van der Waals surface area (Å²) in [4.78, 5) is 59.2. The van der Waals surface area contributed by atoms with Gasteiger partial charge in [-0.25, -0.2) is 9.13 Å². The van der Waals surface area contributed by atoms with Crippen molar-refractivity contribution in [3.05, 3.63) is 207 Å². The van der Waals surface area contributed by atoms with Gasteiger partial charge in [0.1, 0.15) is 25.4 Å². The number of allylic oxidation sites excluding steroid dienone is 34. The summed E-state index contributed by atoms with van der Waals surface area (Å²) in [6, 6.07) is 0. The quantitative estimate of drug-likeness (QED) is 0.0146. The number of ether oxygens (including phenoxy) is 3. The average molecular weight is 1810 g/mol. The molecule has 4 N–H and O–H groups in total. The van der Waals surface area contributed by atoms with Crippen molar-refractivity contribution < 1.29 is 75.8 Å². The molecule has 0 spiro atoms. The fourth-order valence-electron chi connectivity index (χ4n) is 13.5. The second kappa shape index (κ2) is 99.1. The molecule has 0 bridgehead atoms. The molecule has 127 heavy (non-hydrogen) atoms. The van der Waals surface area contributed by atoms with Crippen molar-refractivity contribution in [2.45, 2.75) is 424 Å². The molecule has 0 aliphatic rings. The molecule has 0 aliphatic heterocycles. The summed E-state index contributed by atoms with van der Waals surface area (Å²) >= 11 is 0. The van der Waals surface area contributed by atoms with Crippen LogP contribution in [0.1, 0.15) is 406 Å². The highest BCUT2D eigenvalue weighted by Crippen LogP contribution is 2.45. The molecule has 0 fully saturated rings. The first-order valence-corrected chi connectivity index (χ1v) is 53.4. The zero-order chi connectivity index (χ0) is 92.1. The monoisotopic (exact) mass is 1810 g/mol. The van der Waals surface area contributed by atoms with E-state index in [4.69, 9.17) is 32.3 Å². The minimum absolute atomic E-state index is 0.0700. The Morgan fingerprint density at radius 1 is 0.220 bits per heavy atom. The summed E-state index contributed by atoms with van der Waals surface area (Å²) < 4.78 is 61.6. The van der Waals surface area contributed by atoms with E-state index >= 15 is 0 Å². The van der Waals surface area contributed by atoms with Crippen molar-refractivity contribution >= 4 is 33.6 Å². The maximum Gasteiger partial charge on any atom is 0.472 e. The summed E-state index contributed by atoms with van der Waals surface area (Å²) in [5, 5.41) is 20.8. The third-order valence-electron chi connectivity index (χ3n) is 21.0. The van der Waals surface area contributed by atoms with Crippen LogP contribution in [0.5, 0.6) is 0 Å². The molecule has 16 nitrogen and oxygen atoms in total. The van der Waals surface area contributed by atoms with Crippen molar-refractivity contribution in [3.8, 4) is 0 Å². The van der Waals surface area contributed by atoms with Crippen LogP contribution in [0.15, 0.2) is 207 Å². The van der Waals surface area contributed by atoms with E-state index in [1.807, 2.05) is 0 Å². The Bertz CT molecular complexity index is 3140. The molecule has 0 rings (SSSR count). The fraction of sp³-hybridized carbons (Fsp3) is 0.661. The summed E-state index contributed by atoms with van der Waals surface area (Å²) in [6.07, 6.45) is 135. The van der Waals surface area contributed by atoms with Crippen LogP contribution < -0.4 is 0 Å². The van der Waals surface area contributed by atoms with Gasteiger partial charge in [0.05, 0.1) is 26.4 Å². The Morgan fingerprint density at radius 2 is 0.394 bits per heavy atom. The molecule has 0 aromatic rings. The van der Waals surface area contributed by atoms with E-state index in [-0.39, 0.29) is 19.3 Å². The Balaban J connectivity index is 4.58. The number of aliphatic hydroxyl groups excluding tert-OH is 2. The number of carbonyl (C=O) groups is 3. The van der Waals surface area contributed by atoms with Crippen LogP contribution >= 0.6 is 15.6 Å². The number of hydrogen-bond donors (Lipinski definition) is 4. The summed E-state index contributed by atoms with van der Waals surface area (Å²) in [5.74, 6) is -1.60. The number of phosphoric acid groups is 2. The van der Waals surface area contributed by atoms with Crippen LogP contribution in [0, 0.1) is 0 Å². The maximum absolute atomic E-state index is 13.1. The minimum Gasteiger partial charge on any atom is -0.463 e. The highest BCUT2D eigenvalue weighted by atomic mass is 31.2. The molecule has 18 heteroatoms. The standard InChI is InChI=1S/C109H182O16P2/c1-4-7-10-13-16-19-22-25-28-31-34-37-40-42-44-46-48-50-51-53-55-56-58-60-63-65-68-71-74-77-80-83-86-89-92-95-107(112)119-98-104(110)99-121-126(115,116)122-100-105(111)101-123-127(117,118)124-103-106(125-109(114)97-94-91-88-85-82-79-76-73-70-67-62-39-36-33-30-27-24-21-18-15-12-9-6-3)102-120-108(113)96-93-90-87-84-81-78-75-72-69-66-64-61-59-57-54-52-49-47-45-43-41-38-35-32-29-26-23-20-17-14-11-8-5-2/h7-12,16-21,25-30,34-39,42-45,48,50,67,70,76,79,104-106,110-111H,4-6,13-15,22-24,31-33,40-41,46-47,49,51-66,68-69,71-75,77-78,80-103H2,1-3H3,(H,115,116)(H,117,118)/b10-7-,11-8-,12-9-,19-16-,20-17-,21-18-,28-25-,29-26-,30-27-,37-34-,38-35-,39-36-,44-42-,45-43-,50-48-,70-67-,79-76-. The van der Waals surface area contributed by atoms with Gasteiger partial charge in [-0.15, -0.1) is 0 Å². The molecule has 0 saturated carbocycles. The van der Waals surface area contributed by atoms with Gasteiger partial charge in [-0.1, -0.05) is 426 Å². The Morgan fingerprint density at radius 3 is 0.622 bits per heavy atom. The largest absolute Gasteiger partial charge is 0.472 e. The van der Waals surface area contributed by atoms with Crippen LogP contribution in [-0.2, 0) is 55.8 Å². The molecule has 0 aromatic heterocycles. The van der Waals surface area contributed by atoms with Gasteiger partial charge >= 0.3 is 33.6 Å². The van der Waals surface area contributed by atoms with Gasteiger partial charge in [0.25, 0.3) is 0 Å². The van der Waals surface area contributed by atoms with E-state index in [2.05, 4.69) is 227 Å². The number of esters is 3.